The van der Waals surface area contributed by atoms with Crippen LogP contribution in [0, 0.1) is 11.8 Å². The van der Waals surface area contributed by atoms with Gasteiger partial charge in [-0.3, -0.25) is 13.9 Å². The Balaban J connectivity index is -0.000000803. The number of carboxylic acids is 1. The molecule has 2 heterocycles. The van der Waals surface area contributed by atoms with E-state index >= 15 is 0 Å². The quantitative estimate of drug-likeness (QED) is 0.134. The van der Waals surface area contributed by atoms with E-state index in [1.165, 1.54) is 30.3 Å². The second-order valence-electron chi connectivity index (χ2n) is 12.3. The van der Waals surface area contributed by atoms with Crippen molar-refractivity contribution in [2.24, 2.45) is 11.8 Å². The maximum atomic E-state index is 14.4. The second kappa shape index (κ2) is 40.2. The fourth-order valence-corrected chi connectivity index (χ4v) is 6.92. The monoisotopic (exact) mass is 833 g/mol. The molecular weight excluding hydrogens is 757 g/mol. The Morgan fingerprint density at radius 2 is 1.02 bits per heavy atom. The third kappa shape index (κ3) is 19.8. The molecule has 0 radical (unpaired) electrons. The summed E-state index contributed by atoms with van der Waals surface area (Å²) in [6.07, 6.45) is 14.0. The Hall–Kier alpha value is -6.54. The molecule has 2 saturated carbocycles. The standard InChI is InChI=1S/C35H40N4O4.9C2H4/c40-30(41)21-18-25-16-19-29(20-17-25)32-36-33-31(37(32)22-26-10-4-1-5-11-26)34(42)39(24-28-14-8-3-9-15-28)35(43)38(33)23-27-12-6-2-7-13-27;9*1-2/h1,4-5,10-11,16-21,27-28H,2-3,6-9,12-15,22-24H2,(H,40,41);9*1-2H2/b21-18+;;;;;;;;;. The predicted molar refractivity (Wildman–Crippen MR) is 270 cm³/mol. The smallest absolute Gasteiger partial charge is 0.332 e. The van der Waals surface area contributed by atoms with Gasteiger partial charge in [0, 0.05) is 31.3 Å². The molecule has 2 aromatic carbocycles. The number of hydrogen-bond donors (Lipinski definition) is 1. The van der Waals surface area contributed by atoms with Gasteiger partial charge in [0.1, 0.15) is 5.82 Å². The number of carbonyl (C=O) groups is 1. The van der Waals surface area contributed by atoms with Crippen molar-refractivity contribution < 1.29 is 9.90 Å². The van der Waals surface area contributed by atoms with Crippen LogP contribution in [0.2, 0.25) is 0 Å². The number of imidazole rings is 1. The minimum Gasteiger partial charge on any atom is -0.478 e. The predicted octanol–water partition coefficient (Wildman–Crippen LogP) is 13.6. The fraction of sp³-hybridized carbons (Fsp3) is 0.283. The molecule has 6 rings (SSSR count). The molecule has 1 N–H and O–H groups in total. The minimum atomic E-state index is -1.01. The summed E-state index contributed by atoms with van der Waals surface area (Å²) >= 11 is 0. The Bertz CT molecular complexity index is 1850. The van der Waals surface area contributed by atoms with Crippen LogP contribution >= 0.6 is 0 Å². The highest BCUT2D eigenvalue weighted by Gasteiger charge is 2.26. The molecule has 8 nitrogen and oxygen atoms in total. The molecule has 2 fully saturated rings. The van der Waals surface area contributed by atoms with Crippen molar-refractivity contribution in [3.05, 3.63) is 211 Å². The average Bonchev–Trinajstić information content (AvgIpc) is 3.74. The van der Waals surface area contributed by atoms with Gasteiger partial charge < -0.3 is 9.67 Å². The van der Waals surface area contributed by atoms with Gasteiger partial charge in [0.15, 0.2) is 11.2 Å². The third-order valence-corrected chi connectivity index (χ3v) is 9.22. The number of rotatable bonds is 9. The van der Waals surface area contributed by atoms with Crippen LogP contribution in [0.15, 0.2) is 189 Å². The van der Waals surface area contributed by atoms with Gasteiger partial charge in [-0.1, -0.05) is 93.1 Å². The van der Waals surface area contributed by atoms with E-state index in [1.54, 1.807) is 10.6 Å². The lowest BCUT2D eigenvalue weighted by atomic mass is 9.89. The molecule has 0 saturated heterocycles. The van der Waals surface area contributed by atoms with Crippen molar-refractivity contribution >= 4 is 23.2 Å². The molecular formula is C53H76N4O4. The number of nitrogens with zero attached hydrogens (tertiary/aromatic N) is 4. The lowest BCUT2D eigenvalue weighted by molar-refractivity contribution is -0.131. The Morgan fingerprint density at radius 1 is 0.590 bits per heavy atom. The summed E-state index contributed by atoms with van der Waals surface area (Å²) in [5, 5.41) is 9.02. The van der Waals surface area contributed by atoms with E-state index in [0.717, 1.165) is 61.3 Å². The largest absolute Gasteiger partial charge is 0.478 e. The Labute approximate surface area is 368 Å². The molecule has 2 aliphatic carbocycles. The molecule has 0 atom stereocenters. The van der Waals surface area contributed by atoms with Gasteiger partial charge in [-0.05, 0) is 54.7 Å². The molecule has 0 amide bonds. The third-order valence-electron chi connectivity index (χ3n) is 9.22. The van der Waals surface area contributed by atoms with Crippen LogP contribution in [0.1, 0.15) is 75.3 Å². The van der Waals surface area contributed by atoms with Crippen molar-refractivity contribution in [3.63, 3.8) is 0 Å². The highest BCUT2D eigenvalue weighted by atomic mass is 16.4. The van der Waals surface area contributed by atoms with E-state index in [0.29, 0.717) is 48.5 Å². The summed E-state index contributed by atoms with van der Waals surface area (Å²) in [4.78, 5) is 44.6. The van der Waals surface area contributed by atoms with E-state index in [-0.39, 0.29) is 11.2 Å². The van der Waals surface area contributed by atoms with Crippen molar-refractivity contribution in [2.45, 2.75) is 83.8 Å². The first-order chi connectivity index (χ1) is 30.0. The Morgan fingerprint density at radius 3 is 1.44 bits per heavy atom. The molecule has 2 aromatic heterocycles. The van der Waals surface area contributed by atoms with Crippen LogP contribution < -0.4 is 11.2 Å². The zero-order valence-corrected chi connectivity index (χ0v) is 37.4. The number of fused-ring (bicyclic) bond motifs is 1. The minimum absolute atomic E-state index is 0.237. The normalized spacial score (nSPS) is 12.4. The molecule has 0 aliphatic heterocycles. The first-order valence-electron chi connectivity index (χ1n) is 20.3. The number of hydrogen-bond acceptors (Lipinski definition) is 4. The number of carboxylic acid groups (broad SMARTS) is 1. The topological polar surface area (TPSA) is 99.1 Å². The van der Waals surface area contributed by atoms with Crippen LogP contribution in [0.5, 0.6) is 0 Å². The number of aliphatic carboxylic acids is 1. The van der Waals surface area contributed by atoms with E-state index in [4.69, 9.17) is 10.1 Å². The van der Waals surface area contributed by atoms with Gasteiger partial charge in [-0.15, -0.1) is 118 Å². The number of benzene rings is 2. The SMILES string of the molecule is C=C.C=C.C=C.C=C.C=C.C=C.C=C.C=C.C=C.O=C(O)/C=C/c1ccc(-c2nc3c(c(=O)n(CC4CCCCC4)c(=O)n3CC3CCCCC3)n2Cc2ccccc2)cc1. The van der Waals surface area contributed by atoms with Crippen LogP contribution in [-0.4, -0.2) is 29.8 Å². The molecule has 0 spiro atoms. The van der Waals surface area contributed by atoms with Crippen LogP contribution in [-0.2, 0) is 24.4 Å². The summed E-state index contributed by atoms with van der Waals surface area (Å²) in [7, 11) is 0. The summed E-state index contributed by atoms with van der Waals surface area (Å²) in [5.74, 6) is 0.334. The van der Waals surface area contributed by atoms with Gasteiger partial charge in [-0.25, -0.2) is 14.6 Å². The first kappa shape index (κ1) is 61.1. The first-order valence-corrected chi connectivity index (χ1v) is 20.3. The average molecular weight is 833 g/mol. The van der Waals surface area contributed by atoms with Gasteiger partial charge >= 0.3 is 11.7 Å². The van der Waals surface area contributed by atoms with Crippen LogP contribution in [0.3, 0.4) is 0 Å². The lowest BCUT2D eigenvalue weighted by Gasteiger charge is -2.25. The van der Waals surface area contributed by atoms with Crippen LogP contribution in [0.4, 0.5) is 0 Å². The zero-order chi connectivity index (χ0) is 47.8. The molecule has 2 aliphatic rings. The Kier molecular flexibility index (Phi) is 40.3. The number of aromatic nitrogens is 4. The van der Waals surface area contributed by atoms with Gasteiger partial charge in [0.25, 0.3) is 5.56 Å². The second-order valence-corrected chi connectivity index (χ2v) is 12.3. The zero-order valence-electron chi connectivity index (χ0n) is 37.4. The highest BCUT2D eigenvalue weighted by molar-refractivity contribution is 5.85. The summed E-state index contributed by atoms with van der Waals surface area (Å²) < 4.78 is 5.28. The maximum Gasteiger partial charge on any atom is 0.332 e. The van der Waals surface area contributed by atoms with E-state index in [2.05, 4.69) is 118 Å². The molecule has 4 aromatic rings. The fourth-order valence-electron chi connectivity index (χ4n) is 6.92. The van der Waals surface area contributed by atoms with Gasteiger partial charge in [-0.2, -0.15) is 0 Å². The molecule has 61 heavy (non-hydrogen) atoms. The maximum absolute atomic E-state index is 14.4. The van der Waals surface area contributed by atoms with E-state index < -0.39 is 5.97 Å². The molecule has 332 valence electrons. The lowest BCUT2D eigenvalue weighted by Crippen LogP contribution is -2.43. The van der Waals surface area contributed by atoms with Gasteiger partial charge in [0.05, 0.1) is 0 Å². The van der Waals surface area contributed by atoms with Crippen molar-refractivity contribution in [2.75, 3.05) is 0 Å². The summed E-state index contributed by atoms with van der Waals surface area (Å²) in [6, 6.07) is 17.5. The molecule has 8 heteroatoms. The van der Waals surface area contributed by atoms with E-state index in [9.17, 15) is 14.4 Å². The summed E-state index contributed by atoms with van der Waals surface area (Å²) in [5.41, 5.74) is 3.02. The van der Waals surface area contributed by atoms with Crippen molar-refractivity contribution in [1.82, 2.24) is 18.7 Å². The molecule has 0 bridgehead atoms. The van der Waals surface area contributed by atoms with Crippen LogP contribution in [0.25, 0.3) is 28.6 Å². The van der Waals surface area contributed by atoms with Crippen molar-refractivity contribution in [1.29, 1.82) is 0 Å². The summed E-state index contributed by atoms with van der Waals surface area (Å²) in [6.45, 7) is 55.5. The van der Waals surface area contributed by atoms with Gasteiger partial charge in [0.2, 0.25) is 0 Å². The van der Waals surface area contributed by atoms with Crippen molar-refractivity contribution in [3.8, 4) is 11.4 Å². The highest BCUT2D eigenvalue weighted by Crippen LogP contribution is 2.29. The van der Waals surface area contributed by atoms with E-state index in [1.807, 2.05) is 59.2 Å². The molecule has 0 unspecified atom stereocenters.